The monoisotopic (exact) mass is 700 g/mol. The number of fused-ring (bicyclic) bond motifs is 3. The third-order valence-corrected chi connectivity index (χ3v) is 12.2. The smallest absolute Gasteiger partial charge is 0.164 e. The Balaban J connectivity index is 1.15. The van der Waals surface area contributed by atoms with E-state index in [2.05, 4.69) is 117 Å². The third-order valence-electron chi connectivity index (χ3n) is 12.2. The van der Waals surface area contributed by atoms with E-state index in [0.717, 1.165) is 61.9 Å². The molecular formula is C50H44N4. The molecule has 0 N–H and O–H groups in total. The van der Waals surface area contributed by atoms with Crippen LogP contribution in [0, 0.1) is 29.1 Å². The zero-order valence-electron chi connectivity index (χ0n) is 31.0. The molecule has 2 aliphatic carbocycles. The Kier molecular flexibility index (Phi) is 8.87. The van der Waals surface area contributed by atoms with E-state index < -0.39 is 0 Å². The Morgan fingerprint density at radius 2 is 1.15 bits per heavy atom. The fourth-order valence-corrected chi connectivity index (χ4v) is 9.89. The molecule has 0 saturated heterocycles. The van der Waals surface area contributed by atoms with Crippen LogP contribution in [0.1, 0.15) is 63.5 Å². The van der Waals surface area contributed by atoms with Gasteiger partial charge in [0, 0.05) is 16.7 Å². The average Bonchev–Trinajstić information content (AvgIpc) is 3.23. The lowest BCUT2D eigenvalue weighted by Crippen LogP contribution is -2.42. The molecule has 9 rings (SSSR count). The molecule has 264 valence electrons. The molecule has 4 heteroatoms. The minimum absolute atomic E-state index is 0.297. The van der Waals surface area contributed by atoms with Crippen molar-refractivity contribution in [1.29, 1.82) is 5.26 Å². The van der Waals surface area contributed by atoms with Crippen molar-refractivity contribution < 1.29 is 0 Å². The predicted octanol–water partition coefficient (Wildman–Crippen LogP) is 12.7. The molecule has 0 spiro atoms. The van der Waals surface area contributed by atoms with Crippen molar-refractivity contribution >= 4 is 10.8 Å². The minimum Gasteiger partial charge on any atom is -0.208 e. The lowest BCUT2D eigenvalue weighted by molar-refractivity contribution is 0.0702. The highest BCUT2D eigenvalue weighted by Crippen LogP contribution is 2.55. The van der Waals surface area contributed by atoms with E-state index in [1.54, 1.807) is 0 Å². The molecule has 0 radical (unpaired) electrons. The zero-order chi connectivity index (χ0) is 36.6. The van der Waals surface area contributed by atoms with Crippen molar-refractivity contribution in [3.05, 3.63) is 151 Å². The number of aromatic nitrogens is 3. The van der Waals surface area contributed by atoms with Crippen molar-refractivity contribution in [3.63, 3.8) is 0 Å². The maximum Gasteiger partial charge on any atom is 0.164 e. The molecule has 4 nitrogen and oxygen atoms in total. The van der Waals surface area contributed by atoms with Crippen LogP contribution in [0.15, 0.2) is 140 Å². The van der Waals surface area contributed by atoms with E-state index in [1.807, 2.05) is 42.5 Å². The van der Waals surface area contributed by atoms with E-state index >= 15 is 0 Å². The van der Waals surface area contributed by atoms with Crippen molar-refractivity contribution in [2.24, 2.45) is 17.8 Å². The van der Waals surface area contributed by atoms with Crippen LogP contribution < -0.4 is 0 Å². The SMILES string of the molecule is CC[C@H]1C[C@H]2C[C@@H](C)CC(c3ccc(-c4ccccc4-c4nc(-c5ccccc5)nc(-c5ccc(-c6ccc(C#N)cc6)c6ccccc56)n4)cc3)(C2)C1. The van der Waals surface area contributed by atoms with Crippen molar-refractivity contribution in [2.45, 2.75) is 57.8 Å². The number of rotatable bonds is 7. The Morgan fingerprint density at radius 1 is 0.556 bits per heavy atom. The average molecular weight is 701 g/mol. The van der Waals surface area contributed by atoms with Gasteiger partial charge in [0.25, 0.3) is 0 Å². The van der Waals surface area contributed by atoms with Gasteiger partial charge in [-0.15, -0.1) is 0 Å². The van der Waals surface area contributed by atoms with Gasteiger partial charge in [-0.25, -0.2) is 15.0 Å². The zero-order valence-corrected chi connectivity index (χ0v) is 31.0. The molecule has 2 saturated carbocycles. The summed E-state index contributed by atoms with van der Waals surface area (Å²) in [6.45, 7) is 4.85. The van der Waals surface area contributed by atoms with E-state index in [-0.39, 0.29) is 0 Å². The second-order valence-corrected chi connectivity index (χ2v) is 15.8. The molecule has 2 fully saturated rings. The predicted molar refractivity (Wildman–Crippen MR) is 220 cm³/mol. The van der Waals surface area contributed by atoms with E-state index in [4.69, 9.17) is 15.0 Å². The molecule has 2 bridgehead atoms. The maximum absolute atomic E-state index is 9.37. The lowest BCUT2D eigenvalue weighted by atomic mass is 9.54. The van der Waals surface area contributed by atoms with Gasteiger partial charge in [-0.05, 0) is 112 Å². The van der Waals surface area contributed by atoms with Gasteiger partial charge in [-0.3, -0.25) is 0 Å². The van der Waals surface area contributed by atoms with Crippen LogP contribution in [0.3, 0.4) is 0 Å². The summed E-state index contributed by atoms with van der Waals surface area (Å²) in [6, 6.07) is 50.9. The third kappa shape index (κ3) is 6.28. The first-order valence-corrected chi connectivity index (χ1v) is 19.5. The van der Waals surface area contributed by atoms with Crippen LogP contribution in [0.25, 0.3) is 67.2 Å². The van der Waals surface area contributed by atoms with E-state index in [1.165, 1.54) is 49.7 Å². The molecule has 1 aromatic heterocycles. The van der Waals surface area contributed by atoms with Crippen LogP contribution in [-0.4, -0.2) is 15.0 Å². The summed E-state index contributed by atoms with van der Waals surface area (Å²) in [5.41, 5.74) is 9.78. The Bertz CT molecular complexity index is 2490. The van der Waals surface area contributed by atoms with Gasteiger partial charge in [-0.1, -0.05) is 142 Å². The number of nitrogens with zero attached hydrogens (tertiary/aromatic N) is 4. The number of nitriles is 1. The standard InChI is InChI=1S/C50H44N4/c1-3-34-28-36-27-33(2)29-50(30-34,31-36)40-23-21-38(22-24-40)41-13-7-10-16-45(41)48-52-47(39-11-5-4-6-12-39)53-49(54-48)46-26-25-42(43-14-8-9-15-44(43)46)37-19-17-35(32-51)18-20-37/h4-26,33-34,36H,3,27-31H2,1-2H3/t33-,34+,36-,50?/m1/s1. The molecule has 6 aromatic carbocycles. The molecule has 1 unspecified atom stereocenters. The van der Waals surface area contributed by atoms with Crippen molar-refractivity contribution in [2.75, 3.05) is 0 Å². The number of hydrogen-bond donors (Lipinski definition) is 0. The van der Waals surface area contributed by atoms with Crippen molar-refractivity contribution in [3.8, 4) is 62.5 Å². The van der Waals surface area contributed by atoms with Gasteiger partial charge in [-0.2, -0.15) is 5.26 Å². The fraction of sp³-hybridized carbons (Fsp3) is 0.240. The van der Waals surface area contributed by atoms with Crippen LogP contribution in [0.5, 0.6) is 0 Å². The molecule has 4 atom stereocenters. The summed E-state index contributed by atoms with van der Waals surface area (Å²) >= 11 is 0. The van der Waals surface area contributed by atoms with Gasteiger partial charge in [0.2, 0.25) is 0 Å². The summed E-state index contributed by atoms with van der Waals surface area (Å²) in [5, 5.41) is 11.5. The summed E-state index contributed by atoms with van der Waals surface area (Å²) in [5.74, 6) is 4.40. The Morgan fingerprint density at radius 3 is 1.87 bits per heavy atom. The summed E-state index contributed by atoms with van der Waals surface area (Å²) in [7, 11) is 0. The first-order chi connectivity index (χ1) is 26.5. The fourth-order valence-electron chi connectivity index (χ4n) is 9.89. The lowest BCUT2D eigenvalue weighted by Gasteiger charge is -2.51. The minimum atomic E-state index is 0.297. The molecule has 7 aromatic rings. The quantitative estimate of drug-likeness (QED) is 0.166. The van der Waals surface area contributed by atoms with E-state index in [0.29, 0.717) is 28.5 Å². The molecule has 2 aliphatic rings. The van der Waals surface area contributed by atoms with Crippen molar-refractivity contribution in [1.82, 2.24) is 15.0 Å². The molecular weight excluding hydrogens is 657 g/mol. The van der Waals surface area contributed by atoms with Crippen LogP contribution in [0.2, 0.25) is 0 Å². The van der Waals surface area contributed by atoms with Gasteiger partial charge >= 0.3 is 0 Å². The molecule has 0 aliphatic heterocycles. The van der Waals surface area contributed by atoms with Crippen LogP contribution in [0.4, 0.5) is 0 Å². The second kappa shape index (κ2) is 14.1. The summed E-state index contributed by atoms with van der Waals surface area (Å²) in [4.78, 5) is 15.5. The molecule has 0 amide bonds. The van der Waals surface area contributed by atoms with Gasteiger partial charge in [0.1, 0.15) is 0 Å². The first kappa shape index (κ1) is 33.9. The topological polar surface area (TPSA) is 62.5 Å². The second-order valence-electron chi connectivity index (χ2n) is 15.8. The Hall–Kier alpha value is -5.92. The largest absolute Gasteiger partial charge is 0.208 e. The van der Waals surface area contributed by atoms with Gasteiger partial charge < -0.3 is 0 Å². The van der Waals surface area contributed by atoms with Crippen LogP contribution in [-0.2, 0) is 5.41 Å². The van der Waals surface area contributed by atoms with E-state index in [9.17, 15) is 5.26 Å². The Labute approximate surface area is 318 Å². The number of hydrogen-bond acceptors (Lipinski definition) is 4. The van der Waals surface area contributed by atoms with Crippen LogP contribution >= 0.6 is 0 Å². The maximum atomic E-state index is 9.37. The summed E-state index contributed by atoms with van der Waals surface area (Å²) in [6.07, 6.45) is 8.04. The van der Waals surface area contributed by atoms with Gasteiger partial charge in [0.05, 0.1) is 11.6 Å². The normalized spacial score (nSPS) is 20.7. The van der Waals surface area contributed by atoms with Gasteiger partial charge in [0.15, 0.2) is 17.5 Å². The molecule has 54 heavy (non-hydrogen) atoms. The first-order valence-electron chi connectivity index (χ1n) is 19.5. The molecule has 1 heterocycles. The number of benzene rings is 6. The summed E-state index contributed by atoms with van der Waals surface area (Å²) < 4.78 is 0. The highest BCUT2D eigenvalue weighted by atomic mass is 15.0. The highest BCUT2D eigenvalue weighted by Gasteiger charge is 2.45. The highest BCUT2D eigenvalue weighted by molar-refractivity contribution is 6.04.